The van der Waals surface area contributed by atoms with Crippen molar-refractivity contribution in [3.8, 4) is 0 Å². The Kier molecular flexibility index (Phi) is 6.52. The Morgan fingerprint density at radius 3 is 1.96 bits per heavy atom. The summed E-state index contributed by atoms with van der Waals surface area (Å²) >= 11 is 0. The van der Waals surface area contributed by atoms with Gasteiger partial charge in [0.15, 0.2) is 0 Å². The SMILES string of the molecule is Cc1ccc([C@H]2N[C@@H](c3ccccc3)[C@H](C)C(=O)[C@@H]2C)o1.O=C(O)C(=O)O. The number of carboxylic acid groups (broad SMARTS) is 2. The molecule has 0 radical (unpaired) electrons. The van der Waals surface area contributed by atoms with Gasteiger partial charge in [-0.15, -0.1) is 0 Å². The molecule has 7 heteroatoms. The fourth-order valence-electron chi connectivity index (χ4n) is 3.22. The van der Waals surface area contributed by atoms with Crippen LogP contribution in [0.5, 0.6) is 0 Å². The molecule has 1 aromatic heterocycles. The minimum Gasteiger partial charge on any atom is -0.473 e. The van der Waals surface area contributed by atoms with Crippen molar-refractivity contribution < 1.29 is 29.0 Å². The van der Waals surface area contributed by atoms with Crippen LogP contribution in [0, 0.1) is 18.8 Å². The van der Waals surface area contributed by atoms with E-state index >= 15 is 0 Å². The van der Waals surface area contributed by atoms with Gasteiger partial charge in [-0.2, -0.15) is 0 Å². The van der Waals surface area contributed by atoms with Gasteiger partial charge >= 0.3 is 11.9 Å². The largest absolute Gasteiger partial charge is 0.473 e. The van der Waals surface area contributed by atoms with E-state index in [9.17, 15) is 4.79 Å². The van der Waals surface area contributed by atoms with E-state index in [0.717, 1.165) is 17.1 Å². The van der Waals surface area contributed by atoms with E-state index in [-0.39, 0.29) is 23.9 Å². The summed E-state index contributed by atoms with van der Waals surface area (Å²) < 4.78 is 5.75. The molecular formula is C20H23NO6. The molecule has 1 fully saturated rings. The van der Waals surface area contributed by atoms with Gasteiger partial charge in [0, 0.05) is 17.9 Å². The molecule has 0 bridgehead atoms. The number of nitrogens with one attached hydrogen (secondary N) is 1. The van der Waals surface area contributed by atoms with Gasteiger partial charge in [0.05, 0.1) is 6.04 Å². The van der Waals surface area contributed by atoms with Crippen molar-refractivity contribution in [1.29, 1.82) is 0 Å². The zero-order valence-corrected chi connectivity index (χ0v) is 15.4. The highest BCUT2D eigenvalue weighted by Crippen LogP contribution is 2.38. The summed E-state index contributed by atoms with van der Waals surface area (Å²) in [6.45, 7) is 5.92. The molecule has 0 saturated carbocycles. The highest BCUT2D eigenvalue weighted by molar-refractivity contribution is 6.27. The van der Waals surface area contributed by atoms with Crippen molar-refractivity contribution in [2.45, 2.75) is 32.9 Å². The number of carboxylic acids is 2. The summed E-state index contributed by atoms with van der Waals surface area (Å²) in [5.74, 6) is -1.74. The van der Waals surface area contributed by atoms with Crippen LogP contribution in [0.3, 0.4) is 0 Å². The molecule has 1 aliphatic heterocycles. The minimum absolute atomic E-state index is 0.0327. The van der Waals surface area contributed by atoms with Crippen LogP contribution in [-0.4, -0.2) is 27.9 Å². The summed E-state index contributed by atoms with van der Waals surface area (Å²) in [4.78, 5) is 30.8. The number of hydrogen-bond acceptors (Lipinski definition) is 5. The second-order valence-electron chi connectivity index (χ2n) is 6.57. The van der Waals surface area contributed by atoms with Crippen LogP contribution in [0.2, 0.25) is 0 Å². The van der Waals surface area contributed by atoms with Crippen LogP contribution >= 0.6 is 0 Å². The molecule has 144 valence electrons. The van der Waals surface area contributed by atoms with E-state index in [2.05, 4.69) is 17.4 Å². The number of aryl methyl sites for hydroxylation is 1. The molecule has 2 aromatic rings. The van der Waals surface area contributed by atoms with Gasteiger partial charge in [-0.1, -0.05) is 44.2 Å². The van der Waals surface area contributed by atoms with Crippen LogP contribution in [0.4, 0.5) is 0 Å². The summed E-state index contributed by atoms with van der Waals surface area (Å²) in [6, 6.07) is 14.0. The van der Waals surface area contributed by atoms with Crippen LogP contribution in [-0.2, 0) is 14.4 Å². The lowest BCUT2D eigenvalue weighted by atomic mass is 9.77. The van der Waals surface area contributed by atoms with Gasteiger partial charge in [-0.25, -0.2) is 9.59 Å². The molecule has 1 aliphatic rings. The van der Waals surface area contributed by atoms with Crippen LogP contribution < -0.4 is 5.32 Å². The third-order valence-corrected chi connectivity index (χ3v) is 4.67. The molecular weight excluding hydrogens is 350 g/mol. The maximum Gasteiger partial charge on any atom is 0.414 e. The van der Waals surface area contributed by atoms with E-state index in [4.69, 9.17) is 24.2 Å². The third-order valence-electron chi connectivity index (χ3n) is 4.67. The lowest BCUT2D eigenvalue weighted by molar-refractivity contribution is -0.159. The van der Waals surface area contributed by atoms with Gasteiger partial charge in [0.1, 0.15) is 17.3 Å². The Labute approximate surface area is 157 Å². The maximum atomic E-state index is 12.6. The molecule has 4 atom stereocenters. The second kappa shape index (κ2) is 8.64. The molecule has 1 aromatic carbocycles. The average molecular weight is 373 g/mol. The first-order valence-corrected chi connectivity index (χ1v) is 8.59. The smallest absolute Gasteiger partial charge is 0.414 e. The summed E-state index contributed by atoms with van der Waals surface area (Å²) in [6.07, 6.45) is 0. The molecule has 27 heavy (non-hydrogen) atoms. The van der Waals surface area contributed by atoms with Gasteiger partial charge in [0.25, 0.3) is 0 Å². The molecule has 0 amide bonds. The highest BCUT2D eigenvalue weighted by atomic mass is 16.4. The Bertz CT molecular complexity index is 801. The topological polar surface area (TPSA) is 117 Å². The lowest BCUT2D eigenvalue weighted by Crippen LogP contribution is -2.46. The van der Waals surface area contributed by atoms with Crippen molar-refractivity contribution in [2.75, 3.05) is 0 Å². The first kappa shape index (κ1) is 20.4. The number of piperidine rings is 1. The summed E-state index contributed by atoms with van der Waals surface area (Å²) in [5.41, 5.74) is 1.15. The molecule has 2 heterocycles. The monoisotopic (exact) mass is 373 g/mol. The van der Waals surface area contributed by atoms with Gasteiger partial charge < -0.3 is 14.6 Å². The normalized spacial score (nSPS) is 24.6. The quantitative estimate of drug-likeness (QED) is 0.693. The Balaban J connectivity index is 0.000000380. The van der Waals surface area contributed by atoms with E-state index in [1.54, 1.807) is 0 Å². The minimum atomic E-state index is -1.82. The lowest BCUT2D eigenvalue weighted by Gasteiger charge is -2.38. The number of aliphatic carboxylic acids is 2. The Morgan fingerprint density at radius 2 is 1.48 bits per heavy atom. The first-order chi connectivity index (χ1) is 12.7. The summed E-state index contributed by atoms with van der Waals surface area (Å²) in [5, 5.41) is 18.4. The number of ketones is 1. The molecule has 1 saturated heterocycles. The Hall–Kier alpha value is -2.93. The number of furan rings is 1. The summed E-state index contributed by atoms with van der Waals surface area (Å²) in [7, 11) is 0. The van der Waals surface area contributed by atoms with Crippen molar-refractivity contribution in [3.63, 3.8) is 0 Å². The number of carbonyl (C=O) groups is 3. The third kappa shape index (κ3) is 4.83. The number of carbonyl (C=O) groups excluding carboxylic acids is 1. The van der Waals surface area contributed by atoms with E-state index in [1.165, 1.54) is 0 Å². The van der Waals surface area contributed by atoms with Crippen molar-refractivity contribution in [1.82, 2.24) is 5.32 Å². The predicted octanol–water partition coefficient (Wildman–Crippen LogP) is 2.97. The zero-order valence-electron chi connectivity index (χ0n) is 15.4. The van der Waals surface area contributed by atoms with Crippen molar-refractivity contribution in [2.24, 2.45) is 11.8 Å². The highest BCUT2D eigenvalue weighted by Gasteiger charge is 2.41. The van der Waals surface area contributed by atoms with Crippen LogP contribution in [0.25, 0.3) is 0 Å². The Morgan fingerprint density at radius 1 is 0.926 bits per heavy atom. The fraction of sp³-hybridized carbons (Fsp3) is 0.350. The van der Waals surface area contributed by atoms with Gasteiger partial charge in [-0.05, 0) is 24.6 Å². The van der Waals surface area contributed by atoms with Crippen LogP contribution in [0.15, 0.2) is 46.9 Å². The van der Waals surface area contributed by atoms with Crippen molar-refractivity contribution in [3.05, 3.63) is 59.5 Å². The zero-order chi connectivity index (χ0) is 20.1. The number of benzene rings is 1. The number of rotatable bonds is 2. The number of Topliss-reactive ketones (excluding diaryl/α,β-unsaturated/α-hetero) is 1. The second-order valence-corrected chi connectivity index (χ2v) is 6.57. The average Bonchev–Trinajstić information content (AvgIpc) is 3.07. The fourth-order valence-corrected chi connectivity index (χ4v) is 3.22. The van der Waals surface area contributed by atoms with E-state index in [0.29, 0.717) is 5.78 Å². The maximum absolute atomic E-state index is 12.6. The molecule has 3 N–H and O–H groups in total. The molecule has 0 aliphatic carbocycles. The number of hydrogen-bond donors (Lipinski definition) is 3. The molecule has 0 spiro atoms. The first-order valence-electron chi connectivity index (χ1n) is 8.59. The molecule has 7 nitrogen and oxygen atoms in total. The standard InChI is InChI=1S/C18H21NO2.C2H2O4/c1-11-9-10-15(21-11)17-13(3)18(20)12(2)16(19-17)14-7-5-4-6-8-14;3-1(4)2(5)6/h4-10,12-13,16-17,19H,1-3H3;(H,3,4)(H,5,6)/t12-,13+,16+,17-;/m0./s1. The van der Waals surface area contributed by atoms with E-state index in [1.807, 2.05) is 51.1 Å². The van der Waals surface area contributed by atoms with E-state index < -0.39 is 11.9 Å². The van der Waals surface area contributed by atoms with Gasteiger partial charge in [-0.3, -0.25) is 10.1 Å². The molecule has 0 unspecified atom stereocenters. The van der Waals surface area contributed by atoms with Crippen molar-refractivity contribution >= 4 is 17.7 Å². The predicted molar refractivity (Wildman–Crippen MR) is 97.1 cm³/mol. The molecule has 3 rings (SSSR count). The van der Waals surface area contributed by atoms with Gasteiger partial charge in [0.2, 0.25) is 0 Å². The van der Waals surface area contributed by atoms with Crippen LogP contribution in [0.1, 0.15) is 43.0 Å².